The Morgan fingerprint density at radius 3 is 2.00 bits per heavy atom. The molecule has 0 heterocycles. The van der Waals surface area contributed by atoms with Crippen molar-refractivity contribution in [3.05, 3.63) is 0 Å². The first kappa shape index (κ1) is 11.0. The maximum atomic E-state index is 2.37. The van der Waals surface area contributed by atoms with Crippen molar-refractivity contribution in [2.75, 3.05) is 0 Å². The van der Waals surface area contributed by atoms with Gasteiger partial charge in [0.2, 0.25) is 0 Å². The number of unbranched alkanes of at least 4 members (excludes halogenated alkanes) is 3. The molecular formula is C11H24. The molecule has 0 nitrogen and oxygen atoms in total. The molecule has 0 aliphatic carbocycles. The van der Waals surface area contributed by atoms with Gasteiger partial charge in [-0.05, 0) is 11.8 Å². The van der Waals surface area contributed by atoms with E-state index in [0.717, 1.165) is 11.8 Å². The second-order valence-corrected chi connectivity index (χ2v) is 4.07. The molecule has 0 heteroatoms. The largest absolute Gasteiger partial charge is 0.0654 e. The highest BCUT2D eigenvalue weighted by Gasteiger charge is 2.05. The standard InChI is InChI=1S/C11H24/c1-5-6-7-8-9-11(4)10(2)3/h10-11H,5-9H2,1-4H3/t11-/m1/s1. The van der Waals surface area contributed by atoms with Gasteiger partial charge in [0.05, 0.1) is 0 Å². The van der Waals surface area contributed by atoms with E-state index in [0.29, 0.717) is 0 Å². The molecule has 0 unspecified atom stereocenters. The summed E-state index contributed by atoms with van der Waals surface area (Å²) in [5.74, 6) is 1.79. The summed E-state index contributed by atoms with van der Waals surface area (Å²) in [7, 11) is 0. The van der Waals surface area contributed by atoms with Crippen molar-refractivity contribution in [1.82, 2.24) is 0 Å². The normalized spacial score (nSPS) is 13.9. The van der Waals surface area contributed by atoms with Crippen LogP contribution in [0.4, 0.5) is 0 Å². The fourth-order valence-electron chi connectivity index (χ4n) is 1.23. The Morgan fingerprint density at radius 2 is 1.55 bits per heavy atom. The van der Waals surface area contributed by atoms with Crippen molar-refractivity contribution in [2.24, 2.45) is 11.8 Å². The van der Waals surface area contributed by atoms with Gasteiger partial charge in [0.1, 0.15) is 0 Å². The molecule has 0 radical (unpaired) electrons. The smallest absolute Gasteiger partial charge is 0.0420 e. The van der Waals surface area contributed by atoms with Gasteiger partial charge in [-0.15, -0.1) is 0 Å². The molecule has 1 atom stereocenters. The minimum atomic E-state index is 0.872. The SMILES string of the molecule is CCCCCC[C@@H](C)C(C)C. The molecule has 0 bridgehead atoms. The second-order valence-electron chi connectivity index (χ2n) is 4.07. The van der Waals surface area contributed by atoms with E-state index in [1.807, 2.05) is 0 Å². The molecule has 11 heavy (non-hydrogen) atoms. The third-order valence-corrected chi connectivity index (χ3v) is 2.65. The molecule has 0 amide bonds. The number of hydrogen-bond donors (Lipinski definition) is 0. The Balaban J connectivity index is 3.10. The van der Waals surface area contributed by atoms with Crippen molar-refractivity contribution in [2.45, 2.75) is 59.8 Å². The van der Waals surface area contributed by atoms with Crippen LogP contribution in [-0.2, 0) is 0 Å². The zero-order valence-corrected chi connectivity index (χ0v) is 8.69. The Morgan fingerprint density at radius 1 is 0.909 bits per heavy atom. The molecule has 0 N–H and O–H groups in total. The molecule has 68 valence electrons. The molecule has 0 aliphatic rings. The third-order valence-electron chi connectivity index (χ3n) is 2.65. The number of rotatable bonds is 6. The van der Waals surface area contributed by atoms with Gasteiger partial charge in [-0.2, -0.15) is 0 Å². The molecule has 0 aliphatic heterocycles. The highest BCUT2D eigenvalue weighted by molar-refractivity contribution is 4.56. The lowest BCUT2D eigenvalue weighted by Crippen LogP contribution is -2.03. The summed E-state index contributed by atoms with van der Waals surface area (Å²) in [5, 5.41) is 0. The van der Waals surface area contributed by atoms with E-state index in [9.17, 15) is 0 Å². The fourth-order valence-corrected chi connectivity index (χ4v) is 1.23. The van der Waals surface area contributed by atoms with Crippen LogP contribution in [0.3, 0.4) is 0 Å². The van der Waals surface area contributed by atoms with Gasteiger partial charge in [0.25, 0.3) is 0 Å². The monoisotopic (exact) mass is 156 g/mol. The minimum Gasteiger partial charge on any atom is -0.0654 e. The van der Waals surface area contributed by atoms with Crippen LogP contribution in [-0.4, -0.2) is 0 Å². The average molecular weight is 156 g/mol. The summed E-state index contributed by atoms with van der Waals surface area (Å²) in [6, 6.07) is 0. The topological polar surface area (TPSA) is 0 Å². The van der Waals surface area contributed by atoms with Crippen LogP contribution in [0.5, 0.6) is 0 Å². The molecular weight excluding hydrogens is 132 g/mol. The van der Waals surface area contributed by atoms with Gasteiger partial charge in [-0.25, -0.2) is 0 Å². The summed E-state index contributed by atoms with van der Waals surface area (Å²) in [4.78, 5) is 0. The average Bonchev–Trinajstić information content (AvgIpc) is 1.97. The van der Waals surface area contributed by atoms with Gasteiger partial charge < -0.3 is 0 Å². The van der Waals surface area contributed by atoms with Gasteiger partial charge in [0, 0.05) is 0 Å². The van der Waals surface area contributed by atoms with Crippen LogP contribution in [0.25, 0.3) is 0 Å². The van der Waals surface area contributed by atoms with Crippen molar-refractivity contribution < 1.29 is 0 Å². The Hall–Kier alpha value is 0. The van der Waals surface area contributed by atoms with Gasteiger partial charge in [-0.3, -0.25) is 0 Å². The van der Waals surface area contributed by atoms with Crippen LogP contribution in [0, 0.1) is 11.8 Å². The van der Waals surface area contributed by atoms with Crippen molar-refractivity contribution in [3.63, 3.8) is 0 Å². The van der Waals surface area contributed by atoms with Crippen LogP contribution < -0.4 is 0 Å². The predicted octanol–water partition coefficient (Wildman–Crippen LogP) is 4.25. The van der Waals surface area contributed by atoms with E-state index >= 15 is 0 Å². The fraction of sp³-hybridized carbons (Fsp3) is 1.00. The van der Waals surface area contributed by atoms with Crippen LogP contribution in [0.2, 0.25) is 0 Å². The lowest BCUT2D eigenvalue weighted by atomic mass is 9.92. The molecule has 0 fully saturated rings. The molecule has 0 aromatic carbocycles. The van der Waals surface area contributed by atoms with Crippen molar-refractivity contribution in [3.8, 4) is 0 Å². The molecule has 0 saturated heterocycles. The third kappa shape index (κ3) is 6.40. The van der Waals surface area contributed by atoms with Gasteiger partial charge >= 0.3 is 0 Å². The first-order valence-electron chi connectivity index (χ1n) is 5.18. The van der Waals surface area contributed by atoms with Crippen molar-refractivity contribution >= 4 is 0 Å². The summed E-state index contributed by atoms with van der Waals surface area (Å²) in [5.41, 5.74) is 0. The highest BCUT2D eigenvalue weighted by Crippen LogP contribution is 2.17. The Kier molecular flexibility index (Phi) is 6.69. The van der Waals surface area contributed by atoms with Crippen LogP contribution in [0.15, 0.2) is 0 Å². The molecule has 0 aromatic rings. The zero-order valence-electron chi connectivity index (χ0n) is 8.69. The van der Waals surface area contributed by atoms with Gasteiger partial charge in [0.15, 0.2) is 0 Å². The number of hydrogen-bond acceptors (Lipinski definition) is 0. The maximum Gasteiger partial charge on any atom is -0.0420 e. The van der Waals surface area contributed by atoms with Crippen LogP contribution >= 0.6 is 0 Å². The summed E-state index contributed by atoms with van der Waals surface area (Å²) >= 11 is 0. The van der Waals surface area contributed by atoms with E-state index in [2.05, 4.69) is 27.7 Å². The molecule has 0 spiro atoms. The van der Waals surface area contributed by atoms with Crippen molar-refractivity contribution in [1.29, 1.82) is 0 Å². The van der Waals surface area contributed by atoms with Crippen LogP contribution in [0.1, 0.15) is 59.8 Å². The van der Waals surface area contributed by atoms with Gasteiger partial charge in [-0.1, -0.05) is 59.8 Å². The Bertz CT molecular complexity index is 74.1. The lowest BCUT2D eigenvalue weighted by molar-refractivity contribution is 0.376. The van der Waals surface area contributed by atoms with E-state index < -0.39 is 0 Å². The lowest BCUT2D eigenvalue weighted by Gasteiger charge is -2.14. The summed E-state index contributed by atoms with van der Waals surface area (Å²) in [6.45, 7) is 9.29. The quantitative estimate of drug-likeness (QED) is 0.504. The zero-order chi connectivity index (χ0) is 8.69. The maximum absolute atomic E-state index is 2.37. The Labute approximate surface area is 72.4 Å². The summed E-state index contributed by atoms with van der Waals surface area (Å²) in [6.07, 6.45) is 7.08. The minimum absolute atomic E-state index is 0.872. The molecule has 0 aromatic heterocycles. The molecule has 0 rings (SSSR count). The first-order chi connectivity index (χ1) is 5.18. The first-order valence-corrected chi connectivity index (χ1v) is 5.18. The van der Waals surface area contributed by atoms with E-state index in [1.54, 1.807) is 0 Å². The summed E-state index contributed by atoms with van der Waals surface area (Å²) < 4.78 is 0. The highest BCUT2D eigenvalue weighted by atomic mass is 14.1. The van der Waals surface area contributed by atoms with E-state index in [1.165, 1.54) is 32.1 Å². The van der Waals surface area contributed by atoms with E-state index in [-0.39, 0.29) is 0 Å². The van der Waals surface area contributed by atoms with E-state index in [4.69, 9.17) is 0 Å². The predicted molar refractivity (Wildman–Crippen MR) is 52.8 cm³/mol. The second kappa shape index (κ2) is 6.69. The molecule has 0 saturated carbocycles.